The molecule has 0 spiro atoms. The van der Waals surface area contributed by atoms with Crippen molar-refractivity contribution in [3.05, 3.63) is 45.4 Å². The number of fused-ring (bicyclic) bond motifs is 1. The lowest BCUT2D eigenvalue weighted by molar-refractivity contribution is -0.138. The highest BCUT2D eigenvalue weighted by molar-refractivity contribution is 7.11. The Morgan fingerprint density at radius 2 is 2.14 bits per heavy atom. The third kappa shape index (κ3) is 2.61. The highest BCUT2D eigenvalue weighted by Crippen LogP contribution is 2.32. The average molecular weight is 316 g/mol. The molecule has 0 fully saturated rings. The van der Waals surface area contributed by atoms with Gasteiger partial charge in [-0.1, -0.05) is 18.2 Å². The minimum Gasteiger partial charge on any atom is -0.480 e. The molecule has 2 atom stereocenters. The van der Waals surface area contributed by atoms with E-state index < -0.39 is 6.10 Å². The number of carbonyl (C=O) groups excluding carboxylic acids is 1. The molecule has 0 saturated heterocycles. The van der Waals surface area contributed by atoms with Gasteiger partial charge in [0, 0.05) is 18.3 Å². The van der Waals surface area contributed by atoms with Crippen molar-refractivity contribution < 1.29 is 9.53 Å². The summed E-state index contributed by atoms with van der Waals surface area (Å²) in [6.07, 6.45) is 0.228. The first kappa shape index (κ1) is 15.0. The molecule has 2 aromatic rings. The quantitative estimate of drug-likeness (QED) is 0.872. The zero-order valence-corrected chi connectivity index (χ0v) is 14.1. The topological polar surface area (TPSA) is 42.4 Å². The fraction of sp³-hybridized carbons (Fsp3) is 0.412. The fourth-order valence-corrected chi connectivity index (χ4v) is 3.87. The van der Waals surface area contributed by atoms with Gasteiger partial charge in [-0.2, -0.15) is 0 Å². The second-order valence-corrected chi connectivity index (χ2v) is 6.96. The highest BCUT2D eigenvalue weighted by Gasteiger charge is 2.33. The van der Waals surface area contributed by atoms with E-state index in [0.29, 0.717) is 6.42 Å². The standard InChI is InChI=1S/C17H20N2O2S/c1-10-16(22-12(3)18-10)11(2)19(4)17(20)15-9-13-7-5-6-8-14(13)21-15/h5-8,11,15H,9H2,1-4H3/t11-,15-/m0/s1. The summed E-state index contributed by atoms with van der Waals surface area (Å²) in [4.78, 5) is 20.1. The second-order valence-electron chi connectivity index (χ2n) is 5.73. The molecular weight excluding hydrogens is 296 g/mol. The Balaban J connectivity index is 1.74. The van der Waals surface area contributed by atoms with Crippen molar-refractivity contribution in [1.82, 2.24) is 9.88 Å². The molecule has 1 aromatic carbocycles. The summed E-state index contributed by atoms with van der Waals surface area (Å²) < 4.78 is 5.81. The van der Waals surface area contributed by atoms with Gasteiger partial charge in [0.1, 0.15) is 5.75 Å². The number of aryl methyl sites for hydroxylation is 2. The molecule has 0 saturated carbocycles. The molecule has 3 rings (SSSR count). The van der Waals surface area contributed by atoms with Crippen LogP contribution in [0.5, 0.6) is 5.75 Å². The lowest BCUT2D eigenvalue weighted by Crippen LogP contribution is -2.40. The van der Waals surface area contributed by atoms with Crippen LogP contribution < -0.4 is 4.74 Å². The summed E-state index contributed by atoms with van der Waals surface area (Å²) in [7, 11) is 1.84. The molecule has 2 heterocycles. The van der Waals surface area contributed by atoms with Gasteiger partial charge in [-0.05, 0) is 32.4 Å². The van der Waals surface area contributed by atoms with Crippen LogP contribution >= 0.6 is 11.3 Å². The van der Waals surface area contributed by atoms with E-state index in [-0.39, 0.29) is 11.9 Å². The minimum absolute atomic E-state index is 0.00557. The molecule has 4 nitrogen and oxygen atoms in total. The Morgan fingerprint density at radius 1 is 1.41 bits per heavy atom. The van der Waals surface area contributed by atoms with Gasteiger partial charge in [0.15, 0.2) is 6.10 Å². The number of hydrogen-bond acceptors (Lipinski definition) is 4. The Hall–Kier alpha value is -1.88. The predicted molar refractivity (Wildman–Crippen MR) is 87.3 cm³/mol. The van der Waals surface area contributed by atoms with Gasteiger partial charge < -0.3 is 9.64 Å². The van der Waals surface area contributed by atoms with E-state index >= 15 is 0 Å². The molecule has 1 aliphatic heterocycles. The largest absolute Gasteiger partial charge is 0.480 e. The van der Waals surface area contributed by atoms with E-state index in [0.717, 1.165) is 26.9 Å². The normalized spacial score (nSPS) is 17.7. The fourth-order valence-electron chi connectivity index (χ4n) is 2.85. The van der Waals surface area contributed by atoms with Crippen molar-refractivity contribution in [1.29, 1.82) is 0 Å². The van der Waals surface area contributed by atoms with Gasteiger partial charge in [0.25, 0.3) is 5.91 Å². The molecule has 1 amide bonds. The van der Waals surface area contributed by atoms with Crippen LogP contribution in [-0.4, -0.2) is 28.9 Å². The van der Waals surface area contributed by atoms with E-state index in [4.69, 9.17) is 4.74 Å². The number of ether oxygens (including phenoxy) is 1. The Bertz CT molecular complexity index is 685. The third-order valence-corrected chi connectivity index (χ3v) is 5.41. The number of likely N-dealkylation sites (N-methyl/N-ethyl adjacent to an activating group) is 1. The number of para-hydroxylation sites is 1. The molecule has 0 bridgehead atoms. The summed E-state index contributed by atoms with van der Waals surface area (Å²) in [5, 5.41) is 1.03. The van der Waals surface area contributed by atoms with E-state index in [2.05, 4.69) is 4.98 Å². The molecule has 22 heavy (non-hydrogen) atoms. The number of nitrogens with zero attached hydrogens (tertiary/aromatic N) is 2. The molecular formula is C17H20N2O2S. The Labute approximate surface area is 134 Å². The van der Waals surface area contributed by atoms with Crippen LogP contribution in [0.2, 0.25) is 0 Å². The SMILES string of the molecule is Cc1nc(C)c([C@H](C)N(C)C(=O)[C@@H]2Cc3ccccc3O2)s1. The zero-order valence-electron chi connectivity index (χ0n) is 13.3. The number of hydrogen-bond donors (Lipinski definition) is 0. The summed E-state index contributed by atoms with van der Waals surface area (Å²) in [6, 6.07) is 7.85. The number of thiazole rings is 1. The smallest absolute Gasteiger partial charge is 0.264 e. The summed E-state index contributed by atoms with van der Waals surface area (Å²) in [6.45, 7) is 6.03. The predicted octanol–water partition coefficient (Wildman–Crippen LogP) is 3.28. The molecule has 0 radical (unpaired) electrons. The van der Waals surface area contributed by atoms with Gasteiger partial charge in [-0.3, -0.25) is 4.79 Å². The van der Waals surface area contributed by atoms with Crippen LogP contribution in [0.1, 0.15) is 34.1 Å². The molecule has 5 heteroatoms. The monoisotopic (exact) mass is 316 g/mol. The van der Waals surface area contributed by atoms with Crippen LogP contribution in [0.15, 0.2) is 24.3 Å². The van der Waals surface area contributed by atoms with E-state index in [9.17, 15) is 4.79 Å². The summed E-state index contributed by atoms with van der Waals surface area (Å²) >= 11 is 1.65. The maximum atomic E-state index is 12.7. The number of benzene rings is 1. The van der Waals surface area contributed by atoms with Crippen molar-refractivity contribution in [2.45, 2.75) is 39.3 Å². The van der Waals surface area contributed by atoms with Crippen LogP contribution in [0, 0.1) is 13.8 Å². The van der Waals surface area contributed by atoms with Gasteiger partial charge in [0.2, 0.25) is 0 Å². The highest BCUT2D eigenvalue weighted by atomic mass is 32.1. The van der Waals surface area contributed by atoms with Gasteiger partial charge in [-0.15, -0.1) is 11.3 Å². The maximum absolute atomic E-state index is 12.7. The van der Waals surface area contributed by atoms with Crippen molar-refractivity contribution >= 4 is 17.2 Å². The van der Waals surface area contributed by atoms with E-state index in [1.165, 1.54) is 0 Å². The van der Waals surface area contributed by atoms with Gasteiger partial charge in [-0.25, -0.2) is 4.98 Å². The van der Waals surface area contributed by atoms with E-state index in [1.807, 2.05) is 52.1 Å². The minimum atomic E-state index is -0.417. The first-order chi connectivity index (χ1) is 10.5. The molecule has 0 aliphatic carbocycles. The van der Waals surface area contributed by atoms with E-state index in [1.54, 1.807) is 16.2 Å². The van der Waals surface area contributed by atoms with Crippen molar-refractivity contribution in [3.8, 4) is 5.75 Å². The number of aromatic nitrogens is 1. The number of rotatable bonds is 3. The first-order valence-corrected chi connectivity index (χ1v) is 8.24. The molecule has 116 valence electrons. The van der Waals surface area contributed by atoms with Gasteiger partial charge >= 0.3 is 0 Å². The van der Waals surface area contributed by atoms with Gasteiger partial charge in [0.05, 0.1) is 16.7 Å². The number of amides is 1. The maximum Gasteiger partial charge on any atom is 0.264 e. The van der Waals surface area contributed by atoms with Crippen LogP contribution in [0.25, 0.3) is 0 Å². The van der Waals surface area contributed by atoms with Crippen molar-refractivity contribution in [2.75, 3.05) is 7.05 Å². The molecule has 0 unspecified atom stereocenters. The lowest BCUT2D eigenvalue weighted by atomic mass is 10.1. The van der Waals surface area contributed by atoms with Crippen molar-refractivity contribution in [3.63, 3.8) is 0 Å². The Morgan fingerprint density at radius 3 is 2.77 bits per heavy atom. The first-order valence-electron chi connectivity index (χ1n) is 7.42. The van der Waals surface area contributed by atoms with Crippen LogP contribution in [0.3, 0.4) is 0 Å². The zero-order chi connectivity index (χ0) is 15.9. The molecule has 1 aliphatic rings. The summed E-state index contributed by atoms with van der Waals surface area (Å²) in [5.41, 5.74) is 2.11. The summed E-state index contributed by atoms with van der Waals surface area (Å²) in [5.74, 6) is 0.848. The third-order valence-electron chi connectivity index (χ3n) is 4.17. The Kier molecular flexibility index (Phi) is 3.91. The average Bonchev–Trinajstić information content (AvgIpc) is 3.07. The molecule has 1 aromatic heterocycles. The molecule has 0 N–H and O–H groups in total. The number of carbonyl (C=O) groups is 1. The lowest BCUT2D eigenvalue weighted by Gasteiger charge is -2.26. The van der Waals surface area contributed by atoms with Crippen LogP contribution in [0.4, 0.5) is 0 Å². The second kappa shape index (κ2) is 5.72. The van der Waals surface area contributed by atoms with Crippen LogP contribution in [-0.2, 0) is 11.2 Å². The van der Waals surface area contributed by atoms with Crippen molar-refractivity contribution in [2.24, 2.45) is 0 Å².